The zero-order valence-corrected chi connectivity index (χ0v) is 13.7. The van der Waals surface area contributed by atoms with E-state index in [-0.39, 0.29) is 17.3 Å². The number of nitrogens with one attached hydrogen (secondary N) is 1. The number of thioether (sulfide) groups is 1. The number of rotatable bonds is 5. The molecule has 0 bridgehead atoms. The molecule has 0 aliphatic rings. The number of hydrogen-bond acceptors (Lipinski definition) is 3. The molecule has 0 fully saturated rings. The molecule has 0 radical (unpaired) electrons. The summed E-state index contributed by atoms with van der Waals surface area (Å²) in [6, 6.07) is 10.8. The number of nitrogens with zero attached hydrogens (tertiary/aromatic N) is 2. The van der Waals surface area contributed by atoms with Gasteiger partial charge in [-0.05, 0) is 31.2 Å². The van der Waals surface area contributed by atoms with E-state index in [4.69, 9.17) is 0 Å². The maximum atomic E-state index is 13.6. The summed E-state index contributed by atoms with van der Waals surface area (Å²) in [4.78, 5) is 16.5. The molecule has 0 aliphatic carbocycles. The molecule has 0 atom stereocenters. The number of anilines is 1. The highest BCUT2D eigenvalue weighted by Gasteiger charge is 2.13. The van der Waals surface area contributed by atoms with Gasteiger partial charge in [0.25, 0.3) is 0 Å². The van der Waals surface area contributed by atoms with Crippen LogP contribution in [0.15, 0.2) is 47.6 Å². The van der Waals surface area contributed by atoms with Crippen LogP contribution in [0.2, 0.25) is 0 Å². The van der Waals surface area contributed by atoms with Crippen LogP contribution in [-0.2, 0) is 11.3 Å². The van der Waals surface area contributed by atoms with Crippen molar-refractivity contribution in [1.82, 2.24) is 9.55 Å². The van der Waals surface area contributed by atoms with Crippen LogP contribution in [0.4, 0.5) is 14.5 Å². The van der Waals surface area contributed by atoms with Gasteiger partial charge in [-0.2, -0.15) is 0 Å². The Kier molecular flexibility index (Phi) is 4.80. The van der Waals surface area contributed by atoms with Crippen LogP contribution in [0, 0.1) is 11.6 Å². The molecular formula is C17H15F2N3OS. The topological polar surface area (TPSA) is 46.9 Å². The lowest BCUT2D eigenvalue weighted by atomic mass is 10.3. The molecule has 0 unspecified atom stereocenters. The van der Waals surface area contributed by atoms with E-state index in [1.54, 1.807) is 0 Å². The number of imidazole rings is 1. The van der Waals surface area contributed by atoms with Gasteiger partial charge in [-0.15, -0.1) is 0 Å². The number of amides is 1. The van der Waals surface area contributed by atoms with Crippen LogP contribution in [0.25, 0.3) is 11.0 Å². The number of aromatic nitrogens is 2. The number of aryl methyl sites for hydroxylation is 1. The highest BCUT2D eigenvalue weighted by atomic mass is 32.2. The number of carbonyl (C=O) groups is 1. The van der Waals surface area contributed by atoms with Crippen molar-refractivity contribution < 1.29 is 13.6 Å². The maximum absolute atomic E-state index is 13.6. The Hall–Kier alpha value is -2.41. The standard InChI is InChI=1S/C17H15F2N3OS/c1-2-22-15-6-4-3-5-14(15)21-17(22)24-10-16(23)20-13-8-7-11(18)9-12(13)19/h3-9H,2,10H2,1H3,(H,20,23). The molecule has 1 N–H and O–H groups in total. The molecular weight excluding hydrogens is 332 g/mol. The Morgan fingerprint density at radius 1 is 1.25 bits per heavy atom. The molecule has 0 saturated carbocycles. The predicted molar refractivity (Wildman–Crippen MR) is 91.1 cm³/mol. The summed E-state index contributed by atoms with van der Waals surface area (Å²) in [6.45, 7) is 2.74. The summed E-state index contributed by atoms with van der Waals surface area (Å²) >= 11 is 1.28. The van der Waals surface area contributed by atoms with Crippen molar-refractivity contribution >= 4 is 34.4 Å². The van der Waals surface area contributed by atoms with Gasteiger partial charge in [0.2, 0.25) is 5.91 Å². The van der Waals surface area contributed by atoms with Gasteiger partial charge < -0.3 is 9.88 Å². The van der Waals surface area contributed by atoms with E-state index < -0.39 is 11.6 Å². The molecule has 1 amide bonds. The Balaban J connectivity index is 1.70. The third-order valence-electron chi connectivity index (χ3n) is 3.47. The molecule has 1 heterocycles. The van der Waals surface area contributed by atoms with E-state index in [2.05, 4.69) is 10.3 Å². The second-order valence-corrected chi connectivity index (χ2v) is 6.03. The number of para-hydroxylation sites is 2. The minimum Gasteiger partial charge on any atom is -0.323 e. The third-order valence-corrected chi connectivity index (χ3v) is 4.45. The fraction of sp³-hybridized carbons (Fsp3) is 0.176. The largest absolute Gasteiger partial charge is 0.323 e. The first kappa shape index (κ1) is 16.4. The first-order chi connectivity index (χ1) is 11.6. The predicted octanol–water partition coefficient (Wildman–Crippen LogP) is 4.07. The van der Waals surface area contributed by atoms with Gasteiger partial charge in [-0.1, -0.05) is 23.9 Å². The summed E-state index contributed by atoms with van der Waals surface area (Å²) in [6.07, 6.45) is 0. The molecule has 7 heteroatoms. The molecule has 3 aromatic rings. The number of benzene rings is 2. The van der Waals surface area contributed by atoms with Crippen molar-refractivity contribution in [2.24, 2.45) is 0 Å². The summed E-state index contributed by atoms with van der Waals surface area (Å²) in [7, 11) is 0. The zero-order valence-electron chi connectivity index (χ0n) is 12.9. The van der Waals surface area contributed by atoms with Crippen molar-refractivity contribution in [2.75, 3.05) is 11.1 Å². The molecule has 4 nitrogen and oxygen atoms in total. The van der Waals surface area contributed by atoms with Crippen LogP contribution in [-0.4, -0.2) is 21.2 Å². The smallest absolute Gasteiger partial charge is 0.234 e. The Morgan fingerprint density at radius 2 is 2.04 bits per heavy atom. The van der Waals surface area contributed by atoms with Crippen LogP contribution >= 0.6 is 11.8 Å². The molecule has 3 rings (SSSR count). The maximum Gasteiger partial charge on any atom is 0.234 e. The van der Waals surface area contributed by atoms with Crippen molar-refractivity contribution in [1.29, 1.82) is 0 Å². The molecule has 1 aromatic heterocycles. The molecule has 24 heavy (non-hydrogen) atoms. The average Bonchev–Trinajstić information content (AvgIpc) is 2.93. The lowest BCUT2D eigenvalue weighted by Crippen LogP contribution is -2.15. The lowest BCUT2D eigenvalue weighted by molar-refractivity contribution is -0.113. The fourth-order valence-electron chi connectivity index (χ4n) is 2.38. The number of fused-ring (bicyclic) bond motifs is 1. The normalized spacial score (nSPS) is 11.0. The zero-order chi connectivity index (χ0) is 17.1. The summed E-state index contributed by atoms with van der Waals surface area (Å²) in [5, 5.41) is 3.17. The van der Waals surface area contributed by atoms with E-state index in [1.807, 2.05) is 35.8 Å². The Labute approximate surface area is 141 Å². The average molecular weight is 347 g/mol. The number of hydrogen-bond donors (Lipinski definition) is 1. The van der Waals surface area contributed by atoms with E-state index in [0.717, 1.165) is 34.9 Å². The van der Waals surface area contributed by atoms with E-state index >= 15 is 0 Å². The van der Waals surface area contributed by atoms with Crippen LogP contribution in [0.1, 0.15) is 6.92 Å². The molecule has 0 aliphatic heterocycles. The first-order valence-corrected chi connectivity index (χ1v) is 8.40. The molecule has 124 valence electrons. The monoisotopic (exact) mass is 347 g/mol. The number of carbonyl (C=O) groups excluding carboxylic acids is 1. The second-order valence-electron chi connectivity index (χ2n) is 5.09. The third kappa shape index (κ3) is 3.41. The van der Waals surface area contributed by atoms with Crippen LogP contribution in [0.5, 0.6) is 0 Å². The van der Waals surface area contributed by atoms with Crippen LogP contribution in [0.3, 0.4) is 0 Å². The van der Waals surface area contributed by atoms with E-state index in [0.29, 0.717) is 0 Å². The van der Waals surface area contributed by atoms with Gasteiger partial charge in [0.05, 0.1) is 22.5 Å². The highest BCUT2D eigenvalue weighted by molar-refractivity contribution is 7.99. The summed E-state index contributed by atoms with van der Waals surface area (Å²) in [5.41, 5.74) is 1.84. The van der Waals surface area contributed by atoms with Crippen molar-refractivity contribution in [3.63, 3.8) is 0 Å². The van der Waals surface area contributed by atoms with Gasteiger partial charge in [-0.25, -0.2) is 13.8 Å². The Bertz CT molecular complexity index is 895. The SMILES string of the molecule is CCn1c(SCC(=O)Nc2ccc(F)cc2F)nc2ccccc21. The van der Waals surface area contributed by atoms with E-state index in [1.165, 1.54) is 17.8 Å². The van der Waals surface area contributed by atoms with Crippen molar-refractivity contribution in [3.8, 4) is 0 Å². The summed E-state index contributed by atoms with van der Waals surface area (Å²) < 4.78 is 28.4. The van der Waals surface area contributed by atoms with Gasteiger partial charge in [0.1, 0.15) is 11.6 Å². The van der Waals surface area contributed by atoms with Gasteiger partial charge in [0, 0.05) is 12.6 Å². The van der Waals surface area contributed by atoms with Crippen molar-refractivity contribution in [3.05, 3.63) is 54.1 Å². The molecule has 2 aromatic carbocycles. The Morgan fingerprint density at radius 3 is 2.79 bits per heavy atom. The number of halogens is 2. The summed E-state index contributed by atoms with van der Waals surface area (Å²) in [5.74, 6) is -1.77. The minimum atomic E-state index is -0.797. The fourth-order valence-corrected chi connectivity index (χ4v) is 3.25. The quantitative estimate of drug-likeness (QED) is 0.708. The highest BCUT2D eigenvalue weighted by Crippen LogP contribution is 2.24. The van der Waals surface area contributed by atoms with Gasteiger partial charge in [0.15, 0.2) is 5.16 Å². The lowest BCUT2D eigenvalue weighted by Gasteiger charge is -2.07. The van der Waals surface area contributed by atoms with Gasteiger partial charge >= 0.3 is 0 Å². The second kappa shape index (κ2) is 7.00. The van der Waals surface area contributed by atoms with Crippen molar-refractivity contribution in [2.45, 2.75) is 18.6 Å². The minimum absolute atomic E-state index is 0.0361. The van der Waals surface area contributed by atoms with E-state index in [9.17, 15) is 13.6 Å². The van der Waals surface area contributed by atoms with Gasteiger partial charge in [-0.3, -0.25) is 4.79 Å². The molecule has 0 spiro atoms. The first-order valence-electron chi connectivity index (χ1n) is 7.41. The molecule has 0 saturated heterocycles. The van der Waals surface area contributed by atoms with Crippen LogP contribution < -0.4 is 5.32 Å².